The van der Waals surface area contributed by atoms with Crippen LogP contribution < -0.4 is 19.0 Å². The van der Waals surface area contributed by atoms with Gasteiger partial charge in [0.1, 0.15) is 12.1 Å². The van der Waals surface area contributed by atoms with Crippen molar-refractivity contribution in [3.63, 3.8) is 0 Å². The zero-order valence-corrected chi connectivity index (χ0v) is 24.2. The van der Waals surface area contributed by atoms with Crippen molar-refractivity contribution in [1.29, 1.82) is 0 Å². The SMILES string of the molecule is CC(=O)N[C@@H](Cc1cc(OS(C)(=O)=O)c(O)c(-c2cc(C[C@H](NC(C)=O)C(=O)O)cc(OS(C)(=O)=O)c2O)c1)C(=O)O. The molecule has 0 radical (unpaired) electrons. The molecule has 0 aromatic heterocycles. The Morgan fingerprint density at radius 1 is 0.690 bits per heavy atom. The van der Waals surface area contributed by atoms with Gasteiger partial charge in [0, 0.05) is 37.8 Å². The summed E-state index contributed by atoms with van der Waals surface area (Å²) >= 11 is 0. The van der Waals surface area contributed by atoms with Gasteiger partial charge in [-0.25, -0.2) is 9.59 Å². The Morgan fingerprint density at radius 2 is 1.00 bits per heavy atom. The Hall–Kier alpha value is -4.58. The molecule has 0 unspecified atom stereocenters. The van der Waals surface area contributed by atoms with Crippen molar-refractivity contribution in [3.05, 3.63) is 35.4 Å². The molecule has 0 spiro atoms. The molecule has 0 aliphatic rings. The van der Waals surface area contributed by atoms with E-state index in [4.69, 9.17) is 8.37 Å². The van der Waals surface area contributed by atoms with E-state index in [2.05, 4.69) is 10.6 Å². The van der Waals surface area contributed by atoms with Crippen LogP contribution in [0, 0.1) is 0 Å². The largest absolute Gasteiger partial charge is 0.504 e. The molecule has 0 saturated heterocycles. The number of carboxylic acid groups (broad SMARTS) is 2. The van der Waals surface area contributed by atoms with Gasteiger partial charge in [-0.1, -0.05) is 0 Å². The molecule has 230 valence electrons. The molecule has 2 amide bonds. The lowest BCUT2D eigenvalue weighted by atomic mass is 9.94. The van der Waals surface area contributed by atoms with Crippen LogP contribution in [0.4, 0.5) is 0 Å². The van der Waals surface area contributed by atoms with Gasteiger partial charge in [0.15, 0.2) is 23.0 Å². The minimum atomic E-state index is -4.28. The third-order valence-corrected chi connectivity index (χ3v) is 6.24. The number of carbonyl (C=O) groups is 4. The number of nitrogens with one attached hydrogen (secondary N) is 2. The van der Waals surface area contributed by atoms with Gasteiger partial charge in [-0.3, -0.25) is 9.59 Å². The maximum Gasteiger partial charge on any atom is 0.326 e. The van der Waals surface area contributed by atoms with Crippen molar-refractivity contribution in [1.82, 2.24) is 10.6 Å². The maximum absolute atomic E-state index is 11.9. The van der Waals surface area contributed by atoms with E-state index in [0.717, 1.165) is 38.1 Å². The summed E-state index contributed by atoms with van der Waals surface area (Å²) in [6.07, 6.45) is 0.360. The normalized spacial score (nSPS) is 13.0. The van der Waals surface area contributed by atoms with Crippen molar-refractivity contribution in [2.75, 3.05) is 12.5 Å². The van der Waals surface area contributed by atoms with Crippen LogP contribution in [-0.4, -0.2) is 85.6 Å². The molecule has 0 aliphatic carbocycles. The second-order valence-electron chi connectivity index (χ2n) is 9.15. The van der Waals surface area contributed by atoms with Gasteiger partial charge < -0.3 is 39.4 Å². The lowest BCUT2D eigenvalue weighted by Gasteiger charge is -2.19. The Balaban J connectivity index is 2.89. The number of rotatable bonds is 13. The molecule has 2 aromatic carbocycles. The monoisotopic (exact) mass is 632 g/mol. The fraction of sp³-hybridized carbons (Fsp3) is 0.333. The first kappa shape index (κ1) is 33.6. The lowest BCUT2D eigenvalue weighted by Crippen LogP contribution is -2.41. The minimum Gasteiger partial charge on any atom is -0.504 e. The van der Waals surface area contributed by atoms with E-state index in [1.807, 2.05) is 0 Å². The number of aliphatic carboxylic acids is 2. The van der Waals surface area contributed by atoms with Crippen LogP contribution in [0.2, 0.25) is 0 Å². The zero-order chi connectivity index (χ0) is 32.2. The molecule has 16 nitrogen and oxygen atoms in total. The molecule has 0 heterocycles. The summed E-state index contributed by atoms with van der Waals surface area (Å²) in [5.41, 5.74) is -0.885. The highest BCUT2D eigenvalue weighted by atomic mass is 32.2. The molecule has 18 heteroatoms. The Labute approximate surface area is 240 Å². The van der Waals surface area contributed by atoms with Gasteiger partial charge in [-0.2, -0.15) is 16.8 Å². The summed E-state index contributed by atoms with van der Waals surface area (Å²) in [6.45, 7) is 2.13. The van der Waals surface area contributed by atoms with E-state index in [9.17, 15) is 56.4 Å². The van der Waals surface area contributed by atoms with Gasteiger partial charge in [0.05, 0.1) is 12.5 Å². The number of amides is 2. The van der Waals surface area contributed by atoms with Crippen LogP contribution in [0.3, 0.4) is 0 Å². The summed E-state index contributed by atoms with van der Waals surface area (Å²) in [5.74, 6) is -7.55. The smallest absolute Gasteiger partial charge is 0.326 e. The first-order valence-electron chi connectivity index (χ1n) is 11.7. The van der Waals surface area contributed by atoms with Crippen LogP contribution in [-0.2, 0) is 52.3 Å². The van der Waals surface area contributed by atoms with E-state index in [1.165, 1.54) is 0 Å². The minimum absolute atomic E-state index is 0.0281. The number of carbonyl (C=O) groups excluding carboxylic acids is 2. The zero-order valence-electron chi connectivity index (χ0n) is 22.6. The van der Waals surface area contributed by atoms with Gasteiger partial charge in [0.25, 0.3) is 0 Å². The highest BCUT2D eigenvalue weighted by molar-refractivity contribution is 7.86. The molecule has 6 N–H and O–H groups in total. The van der Waals surface area contributed by atoms with Crippen LogP contribution in [0.5, 0.6) is 23.0 Å². The average molecular weight is 633 g/mol. The van der Waals surface area contributed by atoms with E-state index in [1.54, 1.807) is 0 Å². The summed E-state index contributed by atoms with van der Waals surface area (Å²) in [5, 5.41) is 45.3. The van der Waals surface area contributed by atoms with Crippen LogP contribution >= 0.6 is 0 Å². The topological polar surface area (TPSA) is 260 Å². The van der Waals surface area contributed by atoms with E-state index in [-0.39, 0.29) is 11.1 Å². The van der Waals surface area contributed by atoms with E-state index < -0.39 is 103 Å². The summed E-state index contributed by atoms with van der Waals surface area (Å²) in [6, 6.07) is 1.11. The Morgan fingerprint density at radius 3 is 1.24 bits per heavy atom. The Bertz CT molecular complexity index is 1510. The van der Waals surface area contributed by atoms with Crippen LogP contribution in [0.1, 0.15) is 25.0 Å². The van der Waals surface area contributed by atoms with Gasteiger partial charge in [-0.15, -0.1) is 0 Å². The van der Waals surface area contributed by atoms with Crippen LogP contribution in [0.15, 0.2) is 24.3 Å². The summed E-state index contributed by atoms with van der Waals surface area (Å²) in [4.78, 5) is 46.4. The second-order valence-corrected chi connectivity index (χ2v) is 12.3. The number of hydrogen-bond acceptors (Lipinski definition) is 12. The molecule has 0 saturated carbocycles. The van der Waals surface area contributed by atoms with Gasteiger partial charge >= 0.3 is 32.2 Å². The third kappa shape index (κ3) is 9.81. The molecule has 2 atom stereocenters. The third-order valence-electron chi connectivity index (χ3n) is 5.27. The second kappa shape index (κ2) is 12.9. The molecule has 0 aliphatic heterocycles. The number of carboxylic acids is 2. The van der Waals surface area contributed by atoms with Crippen molar-refractivity contribution in [3.8, 4) is 34.1 Å². The maximum atomic E-state index is 11.9. The quantitative estimate of drug-likeness (QED) is 0.155. The van der Waals surface area contributed by atoms with Gasteiger partial charge in [-0.05, 0) is 35.4 Å². The van der Waals surface area contributed by atoms with Crippen molar-refractivity contribution < 1.29 is 64.8 Å². The van der Waals surface area contributed by atoms with Crippen molar-refractivity contribution in [2.24, 2.45) is 0 Å². The molecule has 2 rings (SSSR count). The van der Waals surface area contributed by atoms with Crippen LogP contribution in [0.25, 0.3) is 11.1 Å². The predicted molar refractivity (Wildman–Crippen MR) is 144 cm³/mol. The standard InChI is InChI=1S/C24H28N2O14S2/c1-11(27)25-17(23(31)32)7-13-5-15(21(29)19(9-13)39-41(3,35)36)16-6-14(8-18(24(33)34)26-12(2)28)10-20(22(16)30)40-42(4,37)38/h5-6,9-10,17-18,29-30H,7-8H2,1-4H3,(H,25,27)(H,26,28)(H,31,32)(H,33,34)/t17-,18-/m0/s1. The number of phenolic OH excluding ortho intramolecular Hbond substituents is 2. The molecule has 2 aromatic rings. The average Bonchev–Trinajstić information content (AvgIpc) is 2.79. The Kier molecular flexibility index (Phi) is 10.4. The van der Waals surface area contributed by atoms with Gasteiger partial charge in [0.2, 0.25) is 11.8 Å². The first-order valence-corrected chi connectivity index (χ1v) is 15.3. The number of aromatic hydroxyl groups is 2. The van der Waals surface area contributed by atoms with E-state index in [0.29, 0.717) is 12.5 Å². The molecule has 42 heavy (non-hydrogen) atoms. The fourth-order valence-corrected chi connectivity index (χ4v) is 4.70. The molecule has 0 fully saturated rings. The van der Waals surface area contributed by atoms with Crippen molar-refractivity contribution in [2.45, 2.75) is 38.8 Å². The van der Waals surface area contributed by atoms with E-state index >= 15 is 0 Å². The lowest BCUT2D eigenvalue weighted by molar-refractivity contribution is -0.141. The number of benzene rings is 2. The number of hydrogen-bond donors (Lipinski definition) is 6. The first-order chi connectivity index (χ1) is 19.2. The highest BCUT2D eigenvalue weighted by Gasteiger charge is 2.27. The summed E-state index contributed by atoms with van der Waals surface area (Å²) < 4.78 is 57.2. The highest BCUT2D eigenvalue weighted by Crippen LogP contribution is 2.46. The molecule has 0 bridgehead atoms. The van der Waals surface area contributed by atoms with Crippen molar-refractivity contribution >= 4 is 44.0 Å². The fourth-order valence-electron chi connectivity index (χ4n) is 3.79. The molecular weight excluding hydrogens is 604 g/mol. The number of phenols is 2. The molecular formula is C24H28N2O14S2. The summed E-state index contributed by atoms with van der Waals surface area (Å²) in [7, 11) is -8.57. The predicted octanol–water partition coefficient (Wildman–Crippen LogP) is -0.295.